The predicted molar refractivity (Wildman–Crippen MR) is 75.9 cm³/mol. The van der Waals surface area contributed by atoms with E-state index in [1.165, 1.54) is 13.2 Å². The van der Waals surface area contributed by atoms with Crippen LogP contribution in [0.5, 0.6) is 11.5 Å². The highest BCUT2D eigenvalue weighted by Crippen LogP contribution is 2.36. The first kappa shape index (κ1) is 13.3. The molecule has 0 radical (unpaired) electrons. The van der Waals surface area contributed by atoms with E-state index >= 15 is 0 Å². The fourth-order valence-corrected chi connectivity index (χ4v) is 2.06. The quantitative estimate of drug-likeness (QED) is 0.640. The van der Waals surface area contributed by atoms with Crippen LogP contribution in [-0.2, 0) is 9.53 Å². The van der Waals surface area contributed by atoms with Crippen molar-refractivity contribution in [2.75, 3.05) is 13.9 Å². The smallest absolute Gasteiger partial charge is 0.330 e. The summed E-state index contributed by atoms with van der Waals surface area (Å²) in [6, 6.07) is 9.27. The Morgan fingerprint density at radius 3 is 2.81 bits per heavy atom. The van der Waals surface area contributed by atoms with Gasteiger partial charge in [-0.25, -0.2) is 4.79 Å². The number of furan rings is 1. The van der Waals surface area contributed by atoms with E-state index in [0.29, 0.717) is 22.8 Å². The Hall–Kier alpha value is -2.69. The summed E-state index contributed by atoms with van der Waals surface area (Å²) in [5.74, 6) is 2.34. The lowest BCUT2D eigenvalue weighted by Gasteiger charge is -2.00. The van der Waals surface area contributed by atoms with Gasteiger partial charge in [-0.3, -0.25) is 0 Å². The van der Waals surface area contributed by atoms with Gasteiger partial charge in [-0.05, 0) is 42.8 Å². The van der Waals surface area contributed by atoms with Gasteiger partial charge < -0.3 is 18.6 Å². The molecule has 1 aliphatic rings. The number of methoxy groups -OCH3 is 1. The van der Waals surface area contributed by atoms with E-state index < -0.39 is 5.97 Å². The van der Waals surface area contributed by atoms with E-state index in [-0.39, 0.29) is 6.79 Å². The molecule has 0 N–H and O–H groups in total. The first-order chi connectivity index (χ1) is 10.2. The summed E-state index contributed by atoms with van der Waals surface area (Å²) in [7, 11) is 1.34. The molecule has 108 valence electrons. The number of esters is 1. The molecule has 0 atom stereocenters. The fraction of sp³-hybridized carbons (Fsp3) is 0.188. The molecule has 5 nitrogen and oxygen atoms in total. The SMILES string of the molecule is COC(=O)/C=C(\C)c1ccc(-c2ccc3c(c2)OCO3)o1. The first-order valence-electron chi connectivity index (χ1n) is 6.44. The Kier molecular flexibility index (Phi) is 3.39. The molecular formula is C16H14O5. The van der Waals surface area contributed by atoms with E-state index in [1.807, 2.05) is 30.3 Å². The Morgan fingerprint density at radius 1 is 1.19 bits per heavy atom. The normalized spacial score (nSPS) is 13.3. The molecule has 0 unspecified atom stereocenters. The van der Waals surface area contributed by atoms with Crippen LogP contribution >= 0.6 is 0 Å². The fourth-order valence-electron chi connectivity index (χ4n) is 2.06. The van der Waals surface area contributed by atoms with Crippen molar-refractivity contribution >= 4 is 11.5 Å². The molecule has 0 spiro atoms. The number of rotatable bonds is 3. The van der Waals surface area contributed by atoms with Gasteiger partial charge in [0.05, 0.1) is 7.11 Å². The van der Waals surface area contributed by atoms with Crippen molar-refractivity contribution in [3.05, 3.63) is 42.2 Å². The van der Waals surface area contributed by atoms with Crippen LogP contribution in [0.15, 0.2) is 40.8 Å². The van der Waals surface area contributed by atoms with Crippen LogP contribution in [0.3, 0.4) is 0 Å². The van der Waals surface area contributed by atoms with Crippen LogP contribution in [0.25, 0.3) is 16.9 Å². The van der Waals surface area contributed by atoms with E-state index in [2.05, 4.69) is 4.74 Å². The maximum atomic E-state index is 11.2. The number of carbonyl (C=O) groups excluding carboxylic acids is 1. The third-order valence-corrected chi connectivity index (χ3v) is 3.19. The van der Waals surface area contributed by atoms with E-state index in [0.717, 1.165) is 11.3 Å². The van der Waals surface area contributed by atoms with Crippen molar-refractivity contribution in [3.8, 4) is 22.8 Å². The van der Waals surface area contributed by atoms with Crippen LogP contribution in [-0.4, -0.2) is 19.9 Å². The molecule has 1 aromatic carbocycles. The molecule has 3 rings (SSSR count). The summed E-state index contributed by atoms with van der Waals surface area (Å²) < 4.78 is 21.0. The number of allylic oxidation sites excluding steroid dienone is 1. The predicted octanol–water partition coefficient (Wildman–Crippen LogP) is 3.25. The zero-order valence-corrected chi connectivity index (χ0v) is 11.7. The molecule has 0 saturated carbocycles. The molecule has 0 aliphatic carbocycles. The van der Waals surface area contributed by atoms with Gasteiger partial charge in [0.25, 0.3) is 0 Å². The van der Waals surface area contributed by atoms with Crippen molar-refractivity contribution in [2.24, 2.45) is 0 Å². The topological polar surface area (TPSA) is 57.9 Å². The van der Waals surface area contributed by atoms with Crippen molar-refractivity contribution in [2.45, 2.75) is 6.92 Å². The highest BCUT2D eigenvalue weighted by atomic mass is 16.7. The number of ether oxygens (including phenoxy) is 3. The van der Waals surface area contributed by atoms with E-state index in [4.69, 9.17) is 13.9 Å². The molecular weight excluding hydrogens is 272 g/mol. The first-order valence-corrected chi connectivity index (χ1v) is 6.44. The van der Waals surface area contributed by atoms with Gasteiger partial charge >= 0.3 is 5.97 Å². The van der Waals surface area contributed by atoms with Gasteiger partial charge in [0.1, 0.15) is 11.5 Å². The molecule has 0 amide bonds. The lowest BCUT2D eigenvalue weighted by Crippen LogP contribution is -1.95. The maximum Gasteiger partial charge on any atom is 0.330 e. The maximum absolute atomic E-state index is 11.2. The Balaban J connectivity index is 1.88. The van der Waals surface area contributed by atoms with Gasteiger partial charge in [0.15, 0.2) is 11.5 Å². The van der Waals surface area contributed by atoms with Crippen molar-refractivity contribution in [3.63, 3.8) is 0 Å². The van der Waals surface area contributed by atoms with Crippen LogP contribution in [0.2, 0.25) is 0 Å². The van der Waals surface area contributed by atoms with Gasteiger partial charge in [-0.1, -0.05) is 0 Å². The lowest BCUT2D eigenvalue weighted by molar-refractivity contribution is -0.134. The minimum absolute atomic E-state index is 0.239. The minimum Gasteiger partial charge on any atom is -0.466 e. The summed E-state index contributed by atoms with van der Waals surface area (Å²) in [5, 5.41) is 0. The van der Waals surface area contributed by atoms with Gasteiger partial charge in [0, 0.05) is 11.6 Å². The van der Waals surface area contributed by atoms with Crippen molar-refractivity contribution < 1.29 is 23.4 Å². The molecule has 0 bridgehead atoms. The Bertz CT molecular complexity index is 711. The van der Waals surface area contributed by atoms with Crippen LogP contribution in [0.1, 0.15) is 12.7 Å². The Labute approximate surface area is 121 Å². The molecule has 1 aliphatic heterocycles. The van der Waals surface area contributed by atoms with Crippen molar-refractivity contribution in [1.29, 1.82) is 0 Å². The second-order valence-corrected chi connectivity index (χ2v) is 4.58. The molecule has 5 heteroatoms. The van der Waals surface area contributed by atoms with Crippen molar-refractivity contribution in [1.82, 2.24) is 0 Å². The molecule has 0 fully saturated rings. The minimum atomic E-state index is -0.409. The second-order valence-electron chi connectivity index (χ2n) is 4.58. The number of carbonyl (C=O) groups is 1. The summed E-state index contributed by atoms with van der Waals surface area (Å²) in [6.07, 6.45) is 1.39. The molecule has 21 heavy (non-hydrogen) atoms. The molecule has 1 aromatic heterocycles. The molecule has 0 saturated heterocycles. The summed E-state index contributed by atoms with van der Waals surface area (Å²) in [6.45, 7) is 2.03. The number of benzene rings is 1. The number of hydrogen-bond acceptors (Lipinski definition) is 5. The van der Waals surface area contributed by atoms with Gasteiger partial charge in [0.2, 0.25) is 6.79 Å². The number of hydrogen-bond donors (Lipinski definition) is 0. The van der Waals surface area contributed by atoms with Crippen LogP contribution in [0.4, 0.5) is 0 Å². The van der Waals surface area contributed by atoms with Crippen LogP contribution in [0, 0.1) is 0 Å². The molecule has 2 aromatic rings. The summed E-state index contributed by atoms with van der Waals surface area (Å²) in [4.78, 5) is 11.2. The monoisotopic (exact) mass is 286 g/mol. The number of fused-ring (bicyclic) bond motifs is 1. The average molecular weight is 286 g/mol. The zero-order chi connectivity index (χ0) is 14.8. The zero-order valence-electron chi connectivity index (χ0n) is 11.7. The second kappa shape index (κ2) is 5.36. The van der Waals surface area contributed by atoms with E-state index in [1.54, 1.807) is 6.92 Å². The largest absolute Gasteiger partial charge is 0.466 e. The standard InChI is InChI=1S/C16H14O5/c1-10(7-16(17)18-2)12-5-6-13(21-12)11-3-4-14-15(8-11)20-9-19-14/h3-8H,9H2,1-2H3/b10-7+. The lowest BCUT2D eigenvalue weighted by atomic mass is 10.1. The third-order valence-electron chi connectivity index (χ3n) is 3.19. The highest BCUT2D eigenvalue weighted by Gasteiger charge is 2.15. The Morgan fingerprint density at radius 2 is 2.00 bits per heavy atom. The van der Waals surface area contributed by atoms with E-state index in [9.17, 15) is 4.79 Å². The van der Waals surface area contributed by atoms with Gasteiger partial charge in [-0.2, -0.15) is 0 Å². The summed E-state index contributed by atoms with van der Waals surface area (Å²) >= 11 is 0. The van der Waals surface area contributed by atoms with Gasteiger partial charge in [-0.15, -0.1) is 0 Å². The average Bonchev–Trinajstić information content (AvgIpc) is 3.15. The summed E-state index contributed by atoms with van der Waals surface area (Å²) in [5.41, 5.74) is 1.59. The van der Waals surface area contributed by atoms with Crippen LogP contribution < -0.4 is 9.47 Å². The third kappa shape index (κ3) is 2.63. The molecule has 2 heterocycles. The highest BCUT2D eigenvalue weighted by molar-refractivity contribution is 5.90.